The second-order valence-electron chi connectivity index (χ2n) is 7.84. The van der Waals surface area contributed by atoms with E-state index < -0.39 is 14.9 Å². The number of benzene rings is 3. The van der Waals surface area contributed by atoms with Gasteiger partial charge < -0.3 is 9.47 Å². The van der Waals surface area contributed by atoms with Crippen LogP contribution in [0.4, 0.5) is 5.69 Å². The van der Waals surface area contributed by atoms with Crippen molar-refractivity contribution < 1.29 is 22.8 Å². The molecule has 1 aliphatic heterocycles. The maximum Gasteiger partial charge on any atom is 0.313 e. The Balaban J connectivity index is 1.47. The van der Waals surface area contributed by atoms with Gasteiger partial charge in [-0.15, -0.1) is 0 Å². The van der Waals surface area contributed by atoms with Crippen LogP contribution in [0.5, 0.6) is 17.2 Å². The summed E-state index contributed by atoms with van der Waals surface area (Å²) in [6, 6.07) is 17.8. The van der Waals surface area contributed by atoms with Gasteiger partial charge in [0.05, 0.1) is 22.0 Å². The summed E-state index contributed by atoms with van der Waals surface area (Å²) in [5.41, 5.74) is 0.819. The lowest BCUT2D eigenvalue weighted by molar-refractivity contribution is -0.385. The van der Waals surface area contributed by atoms with Crippen LogP contribution in [0.2, 0.25) is 5.02 Å². The molecule has 0 aliphatic carbocycles. The Labute approximate surface area is 202 Å². The lowest BCUT2D eigenvalue weighted by Gasteiger charge is -2.32. The van der Waals surface area contributed by atoms with Crippen molar-refractivity contribution in [3.63, 3.8) is 0 Å². The van der Waals surface area contributed by atoms with Crippen LogP contribution in [-0.2, 0) is 10.0 Å². The van der Waals surface area contributed by atoms with Crippen LogP contribution in [0.1, 0.15) is 24.3 Å². The molecule has 4 rings (SSSR count). The largest absolute Gasteiger partial charge is 0.496 e. The van der Waals surface area contributed by atoms with E-state index in [1.165, 1.54) is 46.8 Å². The Kier molecular flexibility index (Phi) is 7.06. The van der Waals surface area contributed by atoms with Crippen LogP contribution in [0.3, 0.4) is 0 Å². The van der Waals surface area contributed by atoms with Gasteiger partial charge in [0.25, 0.3) is 0 Å². The Hall–Kier alpha value is -3.14. The van der Waals surface area contributed by atoms with Crippen molar-refractivity contribution in [1.29, 1.82) is 0 Å². The zero-order chi connectivity index (χ0) is 24.3. The molecule has 10 heteroatoms. The van der Waals surface area contributed by atoms with Gasteiger partial charge in [-0.05, 0) is 60.7 Å². The molecule has 0 aromatic heterocycles. The number of methoxy groups -OCH3 is 1. The number of halogens is 1. The van der Waals surface area contributed by atoms with Crippen LogP contribution in [0, 0.1) is 10.1 Å². The van der Waals surface area contributed by atoms with E-state index in [0.717, 1.165) is 11.3 Å². The quantitative estimate of drug-likeness (QED) is 0.307. The maximum absolute atomic E-state index is 13.2. The van der Waals surface area contributed by atoms with Crippen LogP contribution >= 0.6 is 11.6 Å². The van der Waals surface area contributed by atoms with Gasteiger partial charge in [0, 0.05) is 19.2 Å². The molecule has 1 fully saturated rings. The molecule has 3 aromatic carbocycles. The van der Waals surface area contributed by atoms with E-state index in [1.54, 1.807) is 7.11 Å². The number of hydrogen-bond donors (Lipinski definition) is 0. The third kappa shape index (κ3) is 4.86. The molecule has 34 heavy (non-hydrogen) atoms. The summed E-state index contributed by atoms with van der Waals surface area (Å²) in [5.74, 6) is 1.19. The summed E-state index contributed by atoms with van der Waals surface area (Å²) in [7, 11) is -2.06. The lowest BCUT2D eigenvalue weighted by atomic mass is 9.89. The van der Waals surface area contributed by atoms with Crippen LogP contribution in [0.25, 0.3) is 0 Å². The smallest absolute Gasteiger partial charge is 0.313 e. The highest BCUT2D eigenvalue weighted by atomic mass is 35.5. The van der Waals surface area contributed by atoms with Crippen molar-refractivity contribution in [2.45, 2.75) is 23.7 Å². The molecule has 0 unspecified atom stereocenters. The van der Waals surface area contributed by atoms with Crippen LogP contribution in [0.15, 0.2) is 71.6 Å². The molecule has 0 bridgehead atoms. The summed E-state index contributed by atoms with van der Waals surface area (Å²) in [6.07, 6.45) is 1.38. The first-order valence-electron chi connectivity index (χ1n) is 10.6. The molecule has 8 nitrogen and oxygen atoms in total. The molecule has 0 saturated carbocycles. The first-order chi connectivity index (χ1) is 16.3. The van der Waals surface area contributed by atoms with E-state index in [1.807, 2.05) is 24.3 Å². The number of nitrogens with zero attached hydrogens (tertiary/aromatic N) is 2. The molecule has 3 aromatic rings. The number of ether oxygens (including phenoxy) is 2. The van der Waals surface area contributed by atoms with Crippen molar-refractivity contribution in [2.75, 3.05) is 20.2 Å². The SMILES string of the molecule is COc1ccccc1C1CCN(S(=O)(=O)c2ccc(Oc3c(Cl)cccc3[N+](=O)[O-])cc2)CC1. The van der Waals surface area contributed by atoms with Gasteiger partial charge in [-0.2, -0.15) is 4.31 Å². The molecule has 0 atom stereocenters. The Bertz CT molecular complexity index is 1290. The standard InChI is InChI=1S/C24H23ClN2O6S/c1-32-23-8-3-2-5-20(23)17-13-15-26(16-14-17)34(30,31)19-11-9-18(10-12-19)33-24-21(25)6-4-7-22(24)27(28)29/h2-12,17H,13-16H2,1H3. The number of sulfonamides is 1. The Morgan fingerprint density at radius 2 is 1.68 bits per heavy atom. The van der Waals surface area contributed by atoms with Gasteiger partial charge in [-0.3, -0.25) is 10.1 Å². The molecule has 1 aliphatic rings. The number of hydrogen-bond acceptors (Lipinski definition) is 6. The van der Waals surface area contributed by atoms with Gasteiger partial charge in [0.15, 0.2) is 0 Å². The number of para-hydroxylation sites is 2. The second-order valence-corrected chi connectivity index (χ2v) is 10.2. The molecule has 0 amide bonds. The minimum Gasteiger partial charge on any atom is -0.496 e. The highest BCUT2D eigenvalue weighted by Gasteiger charge is 2.31. The van der Waals surface area contributed by atoms with E-state index in [0.29, 0.717) is 25.9 Å². The molecule has 1 saturated heterocycles. The molecule has 0 spiro atoms. The number of rotatable bonds is 7. The van der Waals surface area contributed by atoms with Crippen molar-refractivity contribution >= 4 is 27.3 Å². The predicted molar refractivity (Wildman–Crippen MR) is 128 cm³/mol. The average molecular weight is 503 g/mol. The Morgan fingerprint density at radius 3 is 2.32 bits per heavy atom. The number of nitro groups is 1. The third-order valence-corrected chi connectivity index (χ3v) is 8.07. The molecule has 0 radical (unpaired) electrons. The summed E-state index contributed by atoms with van der Waals surface area (Å²) < 4.78 is 38.9. The number of piperidine rings is 1. The van der Waals surface area contributed by atoms with Crippen molar-refractivity contribution in [3.05, 3.63) is 87.4 Å². The molecule has 178 valence electrons. The van der Waals surface area contributed by atoms with Gasteiger partial charge in [-0.1, -0.05) is 35.9 Å². The predicted octanol–water partition coefficient (Wildman–Crippen LogP) is 5.62. The summed E-state index contributed by atoms with van der Waals surface area (Å²) in [4.78, 5) is 10.8. The fraction of sp³-hybridized carbons (Fsp3) is 0.250. The normalized spacial score (nSPS) is 15.1. The van der Waals surface area contributed by atoms with E-state index >= 15 is 0 Å². The van der Waals surface area contributed by atoms with Crippen LogP contribution < -0.4 is 9.47 Å². The minimum atomic E-state index is -3.69. The molecule has 0 N–H and O–H groups in total. The summed E-state index contributed by atoms with van der Waals surface area (Å²) >= 11 is 6.06. The van der Waals surface area contributed by atoms with Gasteiger partial charge in [-0.25, -0.2) is 8.42 Å². The van der Waals surface area contributed by atoms with Crippen molar-refractivity contribution in [2.24, 2.45) is 0 Å². The summed E-state index contributed by atoms with van der Waals surface area (Å²) in [5, 5.41) is 11.3. The van der Waals surface area contributed by atoms with Crippen molar-refractivity contribution in [1.82, 2.24) is 4.31 Å². The second kappa shape index (κ2) is 10.0. The van der Waals surface area contributed by atoms with Crippen molar-refractivity contribution in [3.8, 4) is 17.2 Å². The minimum absolute atomic E-state index is 0.0869. The van der Waals surface area contributed by atoms with E-state index in [-0.39, 0.29) is 33.0 Å². The van der Waals surface area contributed by atoms with E-state index in [4.69, 9.17) is 21.1 Å². The lowest BCUT2D eigenvalue weighted by Crippen LogP contribution is -2.37. The fourth-order valence-corrected chi connectivity index (χ4v) is 5.78. The van der Waals surface area contributed by atoms with Gasteiger partial charge in [0.1, 0.15) is 11.5 Å². The molecular formula is C24H23ClN2O6S. The van der Waals surface area contributed by atoms with Crippen LogP contribution in [-0.4, -0.2) is 37.8 Å². The Morgan fingerprint density at radius 1 is 1.00 bits per heavy atom. The fourth-order valence-electron chi connectivity index (χ4n) is 4.10. The van der Waals surface area contributed by atoms with Gasteiger partial charge >= 0.3 is 5.69 Å². The highest BCUT2D eigenvalue weighted by molar-refractivity contribution is 7.89. The topological polar surface area (TPSA) is 99.0 Å². The number of nitro benzene ring substituents is 1. The summed E-state index contributed by atoms with van der Waals surface area (Å²) in [6.45, 7) is 0.796. The first kappa shape index (κ1) is 24.0. The highest BCUT2D eigenvalue weighted by Crippen LogP contribution is 2.39. The zero-order valence-electron chi connectivity index (χ0n) is 18.4. The van der Waals surface area contributed by atoms with E-state index in [9.17, 15) is 18.5 Å². The van der Waals surface area contributed by atoms with Gasteiger partial charge in [0.2, 0.25) is 15.8 Å². The monoisotopic (exact) mass is 502 g/mol. The third-order valence-electron chi connectivity index (χ3n) is 5.86. The first-order valence-corrected chi connectivity index (χ1v) is 12.5. The molecule has 1 heterocycles. The van der Waals surface area contributed by atoms with E-state index in [2.05, 4.69) is 0 Å². The molecular weight excluding hydrogens is 480 g/mol. The maximum atomic E-state index is 13.2. The average Bonchev–Trinajstić information content (AvgIpc) is 2.85. The zero-order valence-corrected chi connectivity index (χ0v) is 20.0.